The molecule has 0 fully saturated rings. The molecular formula is C15H17BrN2OS. The Labute approximate surface area is 133 Å². The molecule has 1 aliphatic rings. The summed E-state index contributed by atoms with van der Waals surface area (Å²) < 4.78 is 2.18. The number of halogens is 1. The monoisotopic (exact) mass is 352 g/mol. The van der Waals surface area contributed by atoms with Crippen molar-refractivity contribution in [1.82, 2.24) is 0 Å². The molecule has 0 N–H and O–H groups in total. The first kappa shape index (κ1) is 15.2. The van der Waals surface area contributed by atoms with Crippen molar-refractivity contribution in [3.8, 4) is 10.4 Å². The largest absolute Gasteiger partial charge is 1.00 e. The molecule has 3 nitrogen and oxygen atoms in total. The first-order chi connectivity index (χ1) is 9.06. The molecule has 0 spiro atoms. The fourth-order valence-electron chi connectivity index (χ4n) is 2.56. The highest BCUT2D eigenvalue weighted by Crippen LogP contribution is 2.33. The molecule has 0 radical (unpaired) electrons. The van der Waals surface area contributed by atoms with E-state index < -0.39 is 0 Å². The number of carbonyl (C=O) groups is 1. The summed E-state index contributed by atoms with van der Waals surface area (Å²) in [5.41, 5.74) is 3.83. The molecule has 5 heteroatoms. The lowest BCUT2D eigenvalue weighted by Gasteiger charge is -2.04. The van der Waals surface area contributed by atoms with Crippen LogP contribution >= 0.6 is 11.3 Å². The number of carbonyl (C=O) groups excluding carboxylic acids is 1. The van der Waals surface area contributed by atoms with Gasteiger partial charge in [-0.15, -0.1) is 0 Å². The third-order valence-electron chi connectivity index (χ3n) is 3.54. The smallest absolute Gasteiger partial charge is 0.344 e. The number of hydrogen-bond donors (Lipinski definition) is 0. The van der Waals surface area contributed by atoms with Crippen LogP contribution in [0.25, 0.3) is 10.4 Å². The van der Waals surface area contributed by atoms with Crippen molar-refractivity contribution >= 4 is 22.4 Å². The van der Waals surface area contributed by atoms with Gasteiger partial charge in [-0.2, -0.15) is 4.90 Å². The van der Waals surface area contributed by atoms with E-state index in [0.717, 1.165) is 18.2 Å². The van der Waals surface area contributed by atoms with Crippen molar-refractivity contribution in [1.29, 1.82) is 0 Å². The van der Waals surface area contributed by atoms with Crippen LogP contribution in [0.5, 0.6) is 0 Å². The zero-order valence-corrected chi connectivity index (χ0v) is 14.2. The van der Waals surface area contributed by atoms with Crippen LogP contribution in [-0.2, 0) is 11.3 Å². The maximum absolute atomic E-state index is 11.6. The summed E-state index contributed by atoms with van der Waals surface area (Å²) in [7, 11) is 0. The van der Waals surface area contributed by atoms with E-state index in [1.165, 1.54) is 21.6 Å². The Kier molecular flexibility index (Phi) is 4.30. The van der Waals surface area contributed by atoms with Crippen molar-refractivity contribution < 1.29 is 26.3 Å². The summed E-state index contributed by atoms with van der Waals surface area (Å²) in [6.45, 7) is 7.58. The maximum Gasteiger partial charge on any atom is 0.344 e. The minimum absolute atomic E-state index is 0. The molecule has 1 aliphatic heterocycles. The van der Waals surface area contributed by atoms with Crippen molar-refractivity contribution in [2.24, 2.45) is 0 Å². The highest BCUT2D eigenvalue weighted by Gasteiger charge is 2.34. The van der Waals surface area contributed by atoms with E-state index in [4.69, 9.17) is 0 Å². The SMILES string of the molecule is CC(=O)N1CC[n+]2cc(-c3ccc(C)cc3C)sc21.[Br-]. The van der Waals surface area contributed by atoms with Gasteiger partial charge in [-0.3, -0.25) is 0 Å². The normalized spacial score (nSPS) is 13.1. The molecule has 20 heavy (non-hydrogen) atoms. The van der Waals surface area contributed by atoms with Crippen LogP contribution in [0.15, 0.2) is 24.4 Å². The van der Waals surface area contributed by atoms with Crippen molar-refractivity contribution in [3.63, 3.8) is 0 Å². The number of aryl methyl sites for hydroxylation is 2. The van der Waals surface area contributed by atoms with Gasteiger partial charge >= 0.3 is 11.0 Å². The highest BCUT2D eigenvalue weighted by molar-refractivity contribution is 7.18. The average Bonchev–Trinajstić information content (AvgIpc) is 2.87. The molecule has 2 aromatic rings. The quantitative estimate of drug-likeness (QED) is 0.646. The Hall–Kier alpha value is -1.20. The summed E-state index contributed by atoms with van der Waals surface area (Å²) in [5, 5.41) is 1.06. The fraction of sp³-hybridized carbons (Fsp3) is 0.333. The number of nitrogens with zero attached hydrogens (tertiary/aromatic N) is 2. The second kappa shape index (κ2) is 5.66. The number of thiazole rings is 1. The third kappa shape index (κ3) is 2.52. The van der Waals surface area contributed by atoms with E-state index in [-0.39, 0.29) is 22.9 Å². The first-order valence-corrected chi connectivity index (χ1v) is 7.27. The minimum Gasteiger partial charge on any atom is -1.00 e. The Bertz CT molecular complexity index is 666. The molecule has 0 saturated heterocycles. The van der Waals surface area contributed by atoms with Crippen LogP contribution in [0.2, 0.25) is 0 Å². The van der Waals surface area contributed by atoms with Crippen molar-refractivity contribution in [2.75, 3.05) is 11.4 Å². The lowest BCUT2D eigenvalue weighted by atomic mass is 10.1. The van der Waals surface area contributed by atoms with Crippen LogP contribution in [0, 0.1) is 13.8 Å². The molecule has 1 aromatic carbocycles. The van der Waals surface area contributed by atoms with Gasteiger partial charge in [0, 0.05) is 6.92 Å². The molecule has 1 aromatic heterocycles. The maximum atomic E-state index is 11.6. The second-order valence-electron chi connectivity index (χ2n) is 5.06. The number of aromatic nitrogens is 1. The van der Waals surface area contributed by atoms with Crippen LogP contribution < -0.4 is 26.4 Å². The lowest BCUT2D eigenvalue weighted by molar-refractivity contribution is -0.666. The van der Waals surface area contributed by atoms with E-state index in [0.29, 0.717) is 0 Å². The van der Waals surface area contributed by atoms with Gasteiger partial charge < -0.3 is 17.0 Å². The molecule has 0 atom stereocenters. The van der Waals surface area contributed by atoms with Crippen LogP contribution in [0.3, 0.4) is 0 Å². The summed E-state index contributed by atoms with van der Waals surface area (Å²) in [6.07, 6.45) is 2.17. The van der Waals surface area contributed by atoms with Gasteiger partial charge in [0.2, 0.25) is 0 Å². The summed E-state index contributed by atoms with van der Waals surface area (Å²) in [5.74, 6) is 0.125. The highest BCUT2D eigenvalue weighted by atomic mass is 79.9. The number of hydrogen-bond acceptors (Lipinski definition) is 2. The van der Waals surface area contributed by atoms with Gasteiger partial charge in [-0.1, -0.05) is 23.8 Å². The van der Waals surface area contributed by atoms with Gasteiger partial charge in [-0.25, -0.2) is 9.36 Å². The zero-order chi connectivity index (χ0) is 13.6. The molecule has 0 aliphatic carbocycles. The number of benzene rings is 1. The summed E-state index contributed by atoms with van der Waals surface area (Å²) >= 11 is 1.70. The Morgan fingerprint density at radius 3 is 2.75 bits per heavy atom. The van der Waals surface area contributed by atoms with Gasteiger partial charge in [0.15, 0.2) is 0 Å². The van der Waals surface area contributed by atoms with Gasteiger partial charge in [-0.05, 0) is 36.3 Å². The van der Waals surface area contributed by atoms with Crippen molar-refractivity contribution in [3.05, 3.63) is 35.5 Å². The van der Waals surface area contributed by atoms with Crippen molar-refractivity contribution in [2.45, 2.75) is 27.3 Å². The standard InChI is InChI=1S/C15H17N2OS.BrH/c1-10-4-5-13(11(2)8-10)14-9-16-6-7-17(12(3)18)15(16)19-14;/h4-5,8-9H,6-7H2,1-3H3;1H/q+1;/p-1. The van der Waals surface area contributed by atoms with E-state index in [2.05, 4.69) is 42.8 Å². The summed E-state index contributed by atoms with van der Waals surface area (Å²) in [6, 6.07) is 6.51. The fourth-order valence-corrected chi connectivity index (χ4v) is 3.87. The minimum atomic E-state index is 0. The number of amides is 1. The Morgan fingerprint density at radius 1 is 1.35 bits per heavy atom. The first-order valence-electron chi connectivity index (χ1n) is 6.45. The topological polar surface area (TPSA) is 24.2 Å². The molecule has 1 amide bonds. The Balaban J connectivity index is 0.00000147. The molecule has 106 valence electrons. The van der Waals surface area contributed by atoms with Crippen LogP contribution in [0.4, 0.5) is 5.13 Å². The molecule has 0 bridgehead atoms. The van der Waals surface area contributed by atoms with E-state index >= 15 is 0 Å². The van der Waals surface area contributed by atoms with E-state index in [1.54, 1.807) is 18.3 Å². The lowest BCUT2D eigenvalue weighted by Crippen LogP contribution is -3.00. The van der Waals surface area contributed by atoms with E-state index in [9.17, 15) is 4.79 Å². The molecule has 0 saturated carbocycles. The number of anilines is 1. The Morgan fingerprint density at radius 2 is 2.10 bits per heavy atom. The van der Waals surface area contributed by atoms with E-state index in [1.807, 2.05) is 4.90 Å². The molecule has 2 heterocycles. The van der Waals surface area contributed by atoms with Crippen LogP contribution in [0.1, 0.15) is 18.1 Å². The zero-order valence-electron chi connectivity index (χ0n) is 11.8. The molecular weight excluding hydrogens is 336 g/mol. The van der Waals surface area contributed by atoms with Crippen LogP contribution in [-0.4, -0.2) is 12.5 Å². The number of fused-ring (bicyclic) bond motifs is 1. The second-order valence-corrected chi connectivity index (χ2v) is 6.07. The number of rotatable bonds is 1. The van der Waals surface area contributed by atoms with Gasteiger partial charge in [0.1, 0.15) is 19.3 Å². The summed E-state index contributed by atoms with van der Waals surface area (Å²) in [4.78, 5) is 14.7. The predicted octanol–water partition coefficient (Wildman–Crippen LogP) is -0.310. The van der Waals surface area contributed by atoms with Gasteiger partial charge in [0.25, 0.3) is 0 Å². The molecule has 3 rings (SSSR count). The average molecular weight is 353 g/mol. The predicted molar refractivity (Wildman–Crippen MR) is 77.5 cm³/mol. The van der Waals surface area contributed by atoms with Gasteiger partial charge in [0.05, 0.1) is 4.88 Å². The molecule has 0 unspecified atom stereocenters. The third-order valence-corrected chi connectivity index (χ3v) is 4.73.